The van der Waals surface area contributed by atoms with Crippen molar-refractivity contribution < 1.29 is 4.74 Å². The fourth-order valence-electron chi connectivity index (χ4n) is 8.16. The molecule has 0 aliphatic carbocycles. The van der Waals surface area contributed by atoms with Crippen molar-refractivity contribution >= 4 is 42.3 Å². The van der Waals surface area contributed by atoms with Gasteiger partial charge in [-0.25, -0.2) is 0 Å². The number of rotatable bonds is 4. The average Bonchev–Trinajstić information content (AvgIpc) is 3.56. The van der Waals surface area contributed by atoms with Gasteiger partial charge in [-0.05, 0) is 68.4 Å². The van der Waals surface area contributed by atoms with E-state index < -0.39 is 5.41 Å². The summed E-state index contributed by atoms with van der Waals surface area (Å²) in [6.07, 6.45) is 0. The molecule has 230 valence electrons. The molecule has 0 saturated carbocycles. The van der Waals surface area contributed by atoms with Gasteiger partial charge in [-0.15, -0.1) is 11.3 Å². The zero-order valence-electron chi connectivity index (χ0n) is 26.6. The van der Waals surface area contributed by atoms with E-state index in [0.717, 1.165) is 28.2 Å². The van der Waals surface area contributed by atoms with Gasteiger partial charge >= 0.3 is 0 Å². The Morgan fingerprint density at radius 3 is 1.76 bits per heavy atom. The predicted molar refractivity (Wildman–Crippen MR) is 206 cm³/mol. The Morgan fingerprint density at radius 1 is 0.388 bits per heavy atom. The standard InChI is InChI=1S/C47H30OS/c1-3-14-32(15-4-1)47(33-16-5-2-6-17-33)40-22-10-11-23-42(40)48-43-30-31(26-29-41(43)47)34-27-28-37(36-19-8-7-18-35(34)36)38-21-13-25-45-46(38)39-20-9-12-24-44(39)49-45/h1-30H. The first-order valence-corrected chi connectivity index (χ1v) is 17.6. The normalized spacial score (nSPS) is 13.2. The van der Waals surface area contributed by atoms with E-state index in [0.29, 0.717) is 0 Å². The Labute approximate surface area is 289 Å². The lowest BCUT2D eigenvalue weighted by atomic mass is 9.63. The van der Waals surface area contributed by atoms with Gasteiger partial charge in [-0.1, -0.05) is 158 Å². The van der Waals surface area contributed by atoms with Gasteiger partial charge in [0.15, 0.2) is 0 Å². The van der Waals surface area contributed by atoms with Crippen LogP contribution in [-0.2, 0) is 5.41 Å². The summed E-state index contributed by atoms with van der Waals surface area (Å²) in [6.45, 7) is 0. The monoisotopic (exact) mass is 642 g/mol. The molecule has 0 spiro atoms. The summed E-state index contributed by atoms with van der Waals surface area (Å²) in [5.74, 6) is 1.77. The summed E-state index contributed by atoms with van der Waals surface area (Å²) < 4.78 is 9.47. The number of ether oxygens (including phenoxy) is 1. The third-order valence-corrected chi connectivity index (χ3v) is 11.4. The van der Waals surface area contributed by atoms with E-state index in [1.165, 1.54) is 58.8 Å². The number of fused-ring (bicyclic) bond motifs is 6. The van der Waals surface area contributed by atoms with E-state index in [2.05, 4.69) is 182 Å². The van der Waals surface area contributed by atoms with Crippen molar-refractivity contribution in [2.45, 2.75) is 5.41 Å². The van der Waals surface area contributed by atoms with Gasteiger partial charge < -0.3 is 4.74 Å². The molecule has 0 radical (unpaired) electrons. The lowest BCUT2D eigenvalue weighted by Gasteiger charge is -2.41. The van der Waals surface area contributed by atoms with E-state index in [9.17, 15) is 0 Å². The molecule has 0 fully saturated rings. The highest BCUT2D eigenvalue weighted by atomic mass is 32.1. The Hall–Kier alpha value is -5.96. The van der Waals surface area contributed by atoms with E-state index in [1.54, 1.807) is 0 Å². The summed E-state index contributed by atoms with van der Waals surface area (Å²) in [6, 6.07) is 66.0. The van der Waals surface area contributed by atoms with Crippen LogP contribution in [-0.4, -0.2) is 0 Å². The lowest BCUT2D eigenvalue weighted by Crippen LogP contribution is -2.34. The molecule has 49 heavy (non-hydrogen) atoms. The highest BCUT2D eigenvalue weighted by Crippen LogP contribution is 2.56. The van der Waals surface area contributed by atoms with Crippen molar-refractivity contribution in [1.29, 1.82) is 0 Å². The third-order valence-electron chi connectivity index (χ3n) is 10.2. The molecule has 2 heterocycles. The lowest BCUT2D eigenvalue weighted by molar-refractivity contribution is 0.435. The molecular formula is C47H30OS. The first-order valence-electron chi connectivity index (χ1n) is 16.8. The van der Waals surface area contributed by atoms with Gasteiger partial charge in [-0.2, -0.15) is 0 Å². The minimum Gasteiger partial charge on any atom is -0.457 e. The largest absolute Gasteiger partial charge is 0.457 e. The Kier molecular flexibility index (Phi) is 6.34. The minimum absolute atomic E-state index is 0.529. The molecule has 0 saturated heterocycles. The van der Waals surface area contributed by atoms with Crippen molar-refractivity contribution in [3.63, 3.8) is 0 Å². The van der Waals surface area contributed by atoms with Gasteiger partial charge in [0, 0.05) is 31.3 Å². The summed E-state index contributed by atoms with van der Waals surface area (Å²) >= 11 is 1.87. The molecule has 0 unspecified atom stereocenters. The maximum atomic E-state index is 6.82. The molecule has 0 amide bonds. The van der Waals surface area contributed by atoms with Crippen LogP contribution in [0.15, 0.2) is 182 Å². The molecule has 1 aliphatic rings. The van der Waals surface area contributed by atoms with Crippen LogP contribution in [0.2, 0.25) is 0 Å². The molecule has 9 aromatic rings. The molecule has 10 rings (SSSR count). The first kappa shape index (κ1) is 28.1. The summed E-state index contributed by atoms with van der Waals surface area (Å²) in [5.41, 5.74) is 9.06. The van der Waals surface area contributed by atoms with E-state index in [-0.39, 0.29) is 0 Å². The smallest absolute Gasteiger partial charge is 0.132 e. The molecule has 2 heteroatoms. The number of para-hydroxylation sites is 1. The maximum Gasteiger partial charge on any atom is 0.132 e. The van der Waals surface area contributed by atoms with Crippen LogP contribution in [0, 0.1) is 0 Å². The van der Waals surface area contributed by atoms with Crippen LogP contribution in [0.25, 0.3) is 53.2 Å². The van der Waals surface area contributed by atoms with Crippen LogP contribution in [0.3, 0.4) is 0 Å². The molecule has 0 bridgehead atoms. The van der Waals surface area contributed by atoms with Crippen molar-refractivity contribution in [3.8, 4) is 33.8 Å². The molecular weight excluding hydrogens is 613 g/mol. The quantitative estimate of drug-likeness (QED) is 0.186. The molecule has 0 N–H and O–H groups in total. The average molecular weight is 643 g/mol. The SMILES string of the molecule is c1ccc(C2(c3ccccc3)c3ccccc3Oc3cc(-c4ccc(-c5cccc6sc7ccccc7c56)c5ccccc45)ccc32)cc1. The number of hydrogen-bond donors (Lipinski definition) is 0. The second-order valence-corrected chi connectivity index (χ2v) is 13.9. The fourth-order valence-corrected chi connectivity index (χ4v) is 9.30. The Morgan fingerprint density at radius 2 is 0.980 bits per heavy atom. The third kappa shape index (κ3) is 4.18. The zero-order valence-corrected chi connectivity index (χ0v) is 27.5. The minimum atomic E-state index is -0.529. The van der Waals surface area contributed by atoms with Crippen molar-refractivity contribution in [3.05, 3.63) is 204 Å². The van der Waals surface area contributed by atoms with Gasteiger partial charge in [0.25, 0.3) is 0 Å². The van der Waals surface area contributed by atoms with Gasteiger partial charge in [0.2, 0.25) is 0 Å². The summed E-state index contributed by atoms with van der Waals surface area (Å²) in [4.78, 5) is 0. The van der Waals surface area contributed by atoms with Crippen LogP contribution in [0.5, 0.6) is 11.5 Å². The Balaban J connectivity index is 1.19. The summed E-state index contributed by atoms with van der Waals surface area (Å²) in [5, 5.41) is 5.12. The highest BCUT2D eigenvalue weighted by molar-refractivity contribution is 7.25. The molecule has 8 aromatic carbocycles. The topological polar surface area (TPSA) is 9.23 Å². The molecule has 0 atom stereocenters. The second-order valence-electron chi connectivity index (χ2n) is 12.8. The number of hydrogen-bond acceptors (Lipinski definition) is 2. The second kappa shape index (κ2) is 11.1. The van der Waals surface area contributed by atoms with E-state index in [4.69, 9.17) is 4.74 Å². The first-order chi connectivity index (χ1) is 24.3. The van der Waals surface area contributed by atoms with Gasteiger partial charge in [0.05, 0.1) is 5.41 Å². The van der Waals surface area contributed by atoms with Gasteiger partial charge in [0.1, 0.15) is 11.5 Å². The van der Waals surface area contributed by atoms with Crippen molar-refractivity contribution in [2.24, 2.45) is 0 Å². The highest BCUT2D eigenvalue weighted by Gasteiger charge is 2.45. The predicted octanol–water partition coefficient (Wildman–Crippen LogP) is 13.0. The number of benzene rings is 8. The van der Waals surface area contributed by atoms with Crippen LogP contribution < -0.4 is 4.74 Å². The van der Waals surface area contributed by atoms with Crippen LogP contribution in [0.1, 0.15) is 22.3 Å². The van der Waals surface area contributed by atoms with E-state index in [1.807, 2.05) is 11.3 Å². The molecule has 1 nitrogen and oxygen atoms in total. The van der Waals surface area contributed by atoms with Crippen LogP contribution >= 0.6 is 11.3 Å². The maximum absolute atomic E-state index is 6.82. The van der Waals surface area contributed by atoms with Crippen LogP contribution in [0.4, 0.5) is 0 Å². The Bertz CT molecular complexity index is 2650. The van der Waals surface area contributed by atoms with Gasteiger partial charge in [-0.3, -0.25) is 0 Å². The summed E-state index contributed by atoms with van der Waals surface area (Å²) in [7, 11) is 0. The zero-order chi connectivity index (χ0) is 32.4. The number of thiophene rings is 1. The fraction of sp³-hybridized carbons (Fsp3) is 0.0213. The van der Waals surface area contributed by atoms with E-state index >= 15 is 0 Å². The van der Waals surface area contributed by atoms with Crippen molar-refractivity contribution in [1.82, 2.24) is 0 Å². The molecule has 1 aliphatic heterocycles. The molecule has 1 aromatic heterocycles. The van der Waals surface area contributed by atoms with Crippen molar-refractivity contribution in [2.75, 3.05) is 0 Å².